The number of nitrogens with one attached hydrogen (secondary N) is 1. The fourth-order valence-corrected chi connectivity index (χ4v) is 1.21. The summed E-state index contributed by atoms with van der Waals surface area (Å²) in [4.78, 5) is 4.26. The molecule has 1 rings (SSSR count). The average molecular weight is 239 g/mol. The molecule has 1 aromatic rings. The molecule has 0 fully saturated rings. The van der Waals surface area contributed by atoms with Crippen LogP contribution >= 0.6 is 0 Å². The zero-order chi connectivity index (χ0) is 13.1. The number of aliphatic hydroxyl groups is 1. The molecule has 0 saturated heterocycles. The minimum atomic E-state index is -0.502. The summed E-state index contributed by atoms with van der Waals surface area (Å²) < 4.78 is 5.31. The molecule has 96 valence electrons. The van der Waals surface area contributed by atoms with Crippen LogP contribution in [-0.2, 0) is 0 Å². The standard InChI is InChI=1S/C12H21N3O2/c1-5-17-11-9(13)6-7-10(14-11)15-12(3,4)8(2)16/h6-8,16H,5,13H2,1-4H3,(H,14,15). The highest BCUT2D eigenvalue weighted by Gasteiger charge is 2.24. The van der Waals surface area contributed by atoms with Gasteiger partial charge in [-0.05, 0) is 39.8 Å². The molecule has 0 aliphatic heterocycles. The number of pyridine rings is 1. The number of ether oxygens (including phenoxy) is 1. The normalized spacial score (nSPS) is 13.2. The van der Waals surface area contributed by atoms with Gasteiger partial charge in [-0.3, -0.25) is 0 Å². The van der Waals surface area contributed by atoms with Gasteiger partial charge in [0.2, 0.25) is 5.88 Å². The molecule has 4 N–H and O–H groups in total. The molecule has 0 saturated carbocycles. The van der Waals surface area contributed by atoms with Gasteiger partial charge in [-0.2, -0.15) is 4.98 Å². The molecule has 0 bridgehead atoms. The summed E-state index contributed by atoms with van der Waals surface area (Å²) in [6.07, 6.45) is -0.502. The van der Waals surface area contributed by atoms with E-state index in [0.29, 0.717) is 24.0 Å². The third-order valence-corrected chi connectivity index (χ3v) is 2.67. The Morgan fingerprint density at radius 3 is 2.71 bits per heavy atom. The van der Waals surface area contributed by atoms with E-state index in [9.17, 15) is 5.11 Å². The molecular weight excluding hydrogens is 218 g/mol. The lowest BCUT2D eigenvalue weighted by molar-refractivity contribution is 0.133. The van der Waals surface area contributed by atoms with Crippen molar-refractivity contribution in [2.75, 3.05) is 17.7 Å². The van der Waals surface area contributed by atoms with Gasteiger partial charge in [0.15, 0.2) is 0 Å². The van der Waals surface area contributed by atoms with Crippen LogP contribution in [0.5, 0.6) is 5.88 Å². The van der Waals surface area contributed by atoms with Gasteiger partial charge in [0.1, 0.15) is 5.82 Å². The third-order valence-electron chi connectivity index (χ3n) is 2.67. The number of hydrogen-bond acceptors (Lipinski definition) is 5. The molecule has 0 aliphatic carbocycles. The predicted molar refractivity (Wildman–Crippen MR) is 69.2 cm³/mol. The van der Waals surface area contributed by atoms with Crippen LogP contribution in [0.2, 0.25) is 0 Å². The molecule has 1 aromatic heterocycles. The molecule has 5 nitrogen and oxygen atoms in total. The number of aliphatic hydroxyl groups excluding tert-OH is 1. The molecule has 0 spiro atoms. The van der Waals surface area contributed by atoms with Crippen LogP contribution in [-0.4, -0.2) is 28.3 Å². The molecule has 1 heterocycles. The number of anilines is 2. The molecule has 0 aromatic carbocycles. The van der Waals surface area contributed by atoms with Crippen molar-refractivity contribution in [1.82, 2.24) is 4.98 Å². The summed E-state index contributed by atoms with van der Waals surface area (Å²) in [6, 6.07) is 3.50. The van der Waals surface area contributed by atoms with Crippen LogP contribution in [0.3, 0.4) is 0 Å². The Morgan fingerprint density at radius 1 is 1.53 bits per heavy atom. The van der Waals surface area contributed by atoms with E-state index in [2.05, 4.69) is 10.3 Å². The predicted octanol–water partition coefficient (Wildman–Crippen LogP) is 1.63. The molecule has 0 amide bonds. The lowest BCUT2D eigenvalue weighted by Gasteiger charge is -2.30. The minimum Gasteiger partial charge on any atom is -0.476 e. The lowest BCUT2D eigenvalue weighted by Crippen LogP contribution is -2.42. The van der Waals surface area contributed by atoms with Crippen molar-refractivity contribution in [1.29, 1.82) is 0 Å². The summed E-state index contributed by atoms with van der Waals surface area (Å²) in [7, 11) is 0. The van der Waals surface area contributed by atoms with Gasteiger partial charge in [0, 0.05) is 0 Å². The number of aromatic nitrogens is 1. The Morgan fingerprint density at radius 2 is 2.18 bits per heavy atom. The fraction of sp³-hybridized carbons (Fsp3) is 0.583. The molecule has 1 atom stereocenters. The van der Waals surface area contributed by atoms with Gasteiger partial charge >= 0.3 is 0 Å². The first-order chi connectivity index (χ1) is 7.86. The summed E-state index contributed by atoms with van der Waals surface area (Å²) >= 11 is 0. The van der Waals surface area contributed by atoms with Crippen molar-refractivity contribution in [2.24, 2.45) is 0 Å². The van der Waals surface area contributed by atoms with Crippen molar-refractivity contribution in [2.45, 2.75) is 39.3 Å². The van der Waals surface area contributed by atoms with E-state index in [1.165, 1.54) is 0 Å². The smallest absolute Gasteiger partial charge is 0.239 e. The van der Waals surface area contributed by atoms with E-state index < -0.39 is 11.6 Å². The third kappa shape index (κ3) is 3.49. The highest BCUT2D eigenvalue weighted by atomic mass is 16.5. The van der Waals surface area contributed by atoms with Crippen LogP contribution < -0.4 is 15.8 Å². The monoisotopic (exact) mass is 239 g/mol. The molecular formula is C12H21N3O2. The number of hydrogen-bond donors (Lipinski definition) is 3. The van der Waals surface area contributed by atoms with Gasteiger partial charge in [-0.25, -0.2) is 0 Å². The van der Waals surface area contributed by atoms with Gasteiger partial charge < -0.3 is 20.9 Å². The maximum atomic E-state index is 9.62. The quantitative estimate of drug-likeness (QED) is 0.727. The second kappa shape index (κ2) is 5.23. The van der Waals surface area contributed by atoms with Crippen molar-refractivity contribution >= 4 is 11.5 Å². The maximum absolute atomic E-state index is 9.62. The topological polar surface area (TPSA) is 80.4 Å². The SMILES string of the molecule is CCOc1nc(NC(C)(C)C(C)O)ccc1N. The fourth-order valence-electron chi connectivity index (χ4n) is 1.21. The van der Waals surface area contributed by atoms with Crippen molar-refractivity contribution in [3.05, 3.63) is 12.1 Å². The average Bonchev–Trinajstić information content (AvgIpc) is 2.23. The van der Waals surface area contributed by atoms with E-state index in [1.54, 1.807) is 19.1 Å². The zero-order valence-corrected chi connectivity index (χ0v) is 10.8. The second-order valence-corrected chi connectivity index (χ2v) is 4.55. The van der Waals surface area contributed by atoms with Gasteiger partial charge in [-0.15, -0.1) is 0 Å². The van der Waals surface area contributed by atoms with Crippen molar-refractivity contribution < 1.29 is 9.84 Å². The first-order valence-corrected chi connectivity index (χ1v) is 5.72. The summed E-state index contributed by atoms with van der Waals surface area (Å²) in [5.41, 5.74) is 5.78. The minimum absolute atomic E-state index is 0.416. The van der Waals surface area contributed by atoms with E-state index in [1.807, 2.05) is 20.8 Å². The second-order valence-electron chi connectivity index (χ2n) is 4.55. The molecule has 5 heteroatoms. The summed E-state index contributed by atoms with van der Waals surface area (Å²) in [5.74, 6) is 1.05. The first kappa shape index (κ1) is 13.6. The van der Waals surface area contributed by atoms with E-state index in [-0.39, 0.29) is 0 Å². The zero-order valence-electron chi connectivity index (χ0n) is 10.8. The van der Waals surface area contributed by atoms with Crippen LogP contribution in [0.25, 0.3) is 0 Å². The van der Waals surface area contributed by atoms with Crippen LogP contribution in [0.4, 0.5) is 11.5 Å². The maximum Gasteiger partial charge on any atom is 0.239 e. The Kier molecular flexibility index (Phi) is 4.17. The highest BCUT2D eigenvalue weighted by molar-refractivity contribution is 5.54. The lowest BCUT2D eigenvalue weighted by atomic mass is 9.99. The van der Waals surface area contributed by atoms with Crippen molar-refractivity contribution in [3.8, 4) is 5.88 Å². The van der Waals surface area contributed by atoms with Crippen molar-refractivity contribution in [3.63, 3.8) is 0 Å². The van der Waals surface area contributed by atoms with E-state index in [4.69, 9.17) is 10.5 Å². The summed E-state index contributed by atoms with van der Waals surface area (Å²) in [6.45, 7) is 7.92. The Labute approximate surface area is 102 Å². The Balaban J connectivity index is 2.89. The van der Waals surface area contributed by atoms with Gasteiger partial charge in [-0.1, -0.05) is 0 Å². The number of nitrogens with zero attached hydrogens (tertiary/aromatic N) is 1. The Bertz CT molecular complexity index is 378. The molecule has 1 unspecified atom stereocenters. The number of rotatable bonds is 5. The largest absolute Gasteiger partial charge is 0.476 e. The highest BCUT2D eigenvalue weighted by Crippen LogP contribution is 2.23. The first-order valence-electron chi connectivity index (χ1n) is 5.72. The van der Waals surface area contributed by atoms with E-state index >= 15 is 0 Å². The molecule has 0 radical (unpaired) electrons. The number of nitrogen functional groups attached to an aromatic ring is 1. The van der Waals surface area contributed by atoms with Crippen LogP contribution in [0.15, 0.2) is 12.1 Å². The van der Waals surface area contributed by atoms with Gasteiger partial charge in [0.05, 0.1) is 23.9 Å². The van der Waals surface area contributed by atoms with Gasteiger partial charge in [0.25, 0.3) is 0 Å². The Hall–Kier alpha value is -1.49. The summed E-state index contributed by atoms with van der Waals surface area (Å²) in [5, 5.41) is 12.8. The number of nitrogens with two attached hydrogens (primary N) is 1. The molecule has 0 aliphatic rings. The van der Waals surface area contributed by atoms with Crippen LogP contribution in [0, 0.1) is 0 Å². The molecule has 17 heavy (non-hydrogen) atoms. The van der Waals surface area contributed by atoms with E-state index in [0.717, 1.165) is 0 Å². The van der Waals surface area contributed by atoms with Crippen LogP contribution in [0.1, 0.15) is 27.7 Å².